The molecule has 0 aliphatic carbocycles. The number of hydrogen-bond donors (Lipinski definition) is 2. The minimum atomic E-state index is -0.816. The van der Waals surface area contributed by atoms with Crippen molar-refractivity contribution in [3.05, 3.63) is 12.2 Å². The molecule has 0 spiro atoms. The van der Waals surface area contributed by atoms with Crippen LogP contribution in [0.3, 0.4) is 0 Å². The van der Waals surface area contributed by atoms with Gasteiger partial charge >= 0.3 is 0 Å². The summed E-state index contributed by atoms with van der Waals surface area (Å²) in [5.41, 5.74) is 5.11. The fourth-order valence-electron chi connectivity index (χ4n) is 0.966. The third kappa shape index (κ3) is 5.72. The van der Waals surface area contributed by atoms with Gasteiger partial charge < -0.3 is 15.7 Å². The average Bonchev–Trinajstić information content (AvgIpc) is 2.49. The van der Waals surface area contributed by atoms with Crippen LogP contribution in [-0.4, -0.2) is 35.2 Å². The maximum Gasteiger partial charge on any atom is 0.246 e. The minimum Gasteiger partial charge on any atom is -0.379 e. The van der Waals surface area contributed by atoms with E-state index in [0.29, 0.717) is 19.5 Å². The van der Waals surface area contributed by atoms with Crippen molar-refractivity contribution in [3.63, 3.8) is 0 Å². The van der Waals surface area contributed by atoms with Gasteiger partial charge in [0.2, 0.25) is 5.91 Å². The number of amides is 1. The monoisotopic (exact) mass is 200 g/mol. The van der Waals surface area contributed by atoms with E-state index in [2.05, 4.69) is 13.8 Å². The lowest BCUT2D eigenvalue weighted by Gasteiger charge is -2.15. The molecule has 4 heteroatoms. The van der Waals surface area contributed by atoms with Crippen LogP contribution in [0.4, 0.5) is 0 Å². The Bertz CT molecular complexity index is 191. The predicted octanol–water partition coefficient (Wildman–Crippen LogP) is 0.468. The maximum atomic E-state index is 10.9. The molecule has 1 amide bonds. The molecule has 3 N–H and O–H groups in total. The number of nitrogens with two attached hydrogens (primary N) is 1. The van der Waals surface area contributed by atoms with Gasteiger partial charge in [-0.3, -0.25) is 4.79 Å². The zero-order valence-electron chi connectivity index (χ0n) is 8.94. The third-order valence-electron chi connectivity index (χ3n) is 1.59. The molecule has 0 aromatic heterocycles. The van der Waals surface area contributed by atoms with Crippen LogP contribution in [0.5, 0.6) is 0 Å². The van der Waals surface area contributed by atoms with Gasteiger partial charge in [0, 0.05) is 25.6 Å². The molecule has 0 bridgehead atoms. The van der Waals surface area contributed by atoms with Crippen molar-refractivity contribution in [1.82, 2.24) is 4.90 Å². The Morgan fingerprint density at radius 3 is 2.57 bits per heavy atom. The van der Waals surface area contributed by atoms with Crippen molar-refractivity contribution in [2.24, 2.45) is 5.73 Å². The molecule has 1 heterocycles. The lowest BCUT2D eigenvalue weighted by Crippen LogP contribution is -2.31. The smallest absolute Gasteiger partial charge is 0.246 e. The number of aliphatic hydroxyl groups is 1. The van der Waals surface area contributed by atoms with Gasteiger partial charge in [-0.25, -0.2) is 0 Å². The second-order valence-corrected chi connectivity index (χ2v) is 3.25. The number of carbonyl (C=O) groups excluding carboxylic acids is 1. The van der Waals surface area contributed by atoms with Crippen molar-refractivity contribution in [1.29, 1.82) is 0 Å². The Hall–Kier alpha value is -0.870. The van der Waals surface area contributed by atoms with E-state index in [9.17, 15) is 4.79 Å². The highest BCUT2D eigenvalue weighted by atomic mass is 16.3. The molecule has 0 radical (unpaired) electrons. The summed E-state index contributed by atoms with van der Waals surface area (Å²) in [7, 11) is 0. The highest BCUT2D eigenvalue weighted by molar-refractivity contribution is 5.89. The first-order valence-electron chi connectivity index (χ1n) is 5.00. The first-order chi connectivity index (χ1) is 6.61. The Morgan fingerprint density at radius 2 is 2.21 bits per heavy atom. The first kappa shape index (κ1) is 13.1. The lowest BCUT2D eigenvalue weighted by atomic mass is 10.3. The maximum absolute atomic E-state index is 10.9. The molecule has 1 unspecified atom stereocenters. The molecule has 0 saturated heterocycles. The Kier molecular flexibility index (Phi) is 7.06. The van der Waals surface area contributed by atoms with Gasteiger partial charge in [-0.1, -0.05) is 26.3 Å². The van der Waals surface area contributed by atoms with E-state index in [-0.39, 0.29) is 5.91 Å². The molecule has 1 rings (SSSR count). The fraction of sp³-hybridized carbons (Fsp3) is 0.700. The topological polar surface area (TPSA) is 66.6 Å². The number of nitrogens with zero attached hydrogens (tertiary/aromatic N) is 1. The van der Waals surface area contributed by atoms with Crippen molar-refractivity contribution in [2.45, 2.75) is 32.9 Å². The summed E-state index contributed by atoms with van der Waals surface area (Å²) in [4.78, 5) is 12.5. The van der Waals surface area contributed by atoms with Crippen LogP contribution in [0.25, 0.3) is 0 Å². The molecule has 14 heavy (non-hydrogen) atoms. The van der Waals surface area contributed by atoms with Crippen LogP contribution in [0.15, 0.2) is 12.2 Å². The average molecular weight is 200 g/mol. The van der Waals surface area contributed by atoms with Crippen molar-refractivity contribution in [2.75, 3.05) is 13.1 Å². The summed E-state index contributed by atoms with van der Waals surface area (Å²) in [6.45, 7) is 5.43. The highest BCUT2D eigenvalue weighted by Gasteiger charge is 2.14. The van der Waals surface area contributed by atoms with E-state index in [0.717, 1.165) is 0 Å². The number of rotatable bonds is 3. The van der Waals surface area contributed by atoms with E-state index in [1.807, 2.05) is 0 Å². The van der Waals surface area contributed by atoms with Gasteiger partial charge in [-0.15, -0.1) is 0 Å². The Morgan fingerprint density at radius 1 is 1.64 bits per heavy atom. The third-order valence-corrected chi connectivity index (χ3v) is 1.59. The quantitative estimate of drug-likeness (QED) is 0.651. The second-order valence-electron chi connectivity index (χ2n) is 3.25. The molecule has 82 valence electrons. The molecule has 0 aromatic rings. The molecule has 1 atom stereocenters. The van der Waals surface area contributed by atoms with Gasteiger partial charge in [-0.05, 0) is 0 Å². The molecule has 1 aliphatic heterocycles. The van der Waals surface area contributed by atoms with Crippen LogP contribution in [0.2, 0.25) is 0 Å². The van der Waals surface area contributed by atoms with Crippen molar-refractivity contribution in [3.8, 4) is 0 Å². The van der Waals surface area contributed by atoms with E-state index in [1.165, 1.54) is 12.5 Å². The van der Waals surface area contributed by atoms with Crippen LogP contribution in [-0.2, 0) is 4.79 Å². The second kappa shape index (κ2) is 7.53. The SMILES string of the molecule is CCC.NC(O)CCN1CC=CC1=O. The Balaban J connectivity index is 0.000000500. The summed E-state index contributed by atoms with van der Waals surface area (Å²) >= 11 is 0. The zero-order valence-corrected chi connectivity index (χ0v) is 8.94. The summed E-state index contributed by atoms with van der Waals surface area (Å²) in [6, 6.07) is 0. The van der Waals surface area contributed by atoms with Crippen LogP contribution < -0.4 is 5.73 Å². The number of aliphatic hydroxyl groups excluding tert-OH is 1. The molecule has 1 aliphatic rings. The summed E-state index contributed by atoms with van der Waals surface area (Å²) in [5.74, 6) is 0.00523. The van der Waals surface area contributed by atoms with E-state index >= 15 is 0 Å². The van der Waals surface area contributed by atoms with Gasteiger partial charge in [0.05, 0.1) is 0 Å². The van der Waals surface area contributed by atoms with E-state index < -0.39 is 6.23 Å². The van der Waals surface area contributed by atoms with Gasteiger partial charge in [-0.2, -0.15) is 0 Å². The largest absolute Gasteiger partial charge is 0.379 e. The van der Waals surface area contributed by atoms with Gasteiger partial charge in [0.15, 0.2) is 0 Å². The fourth-order valence-corrected chi connectivity index (χ4v) is 0.966. The predicted molar refractivity (Wildman–Crippen MR) is 56.5 cm³/mol. The molecule has 0 aromatic carbocycles. The summed E-state index contributed by atoms with van der Waals surface area (Å²) in [6.07, 6.45) is 4.20. The summed E-state index contributed by atoms with van der Waals surface area (Å²) < 4.78 is 0. The van der Waals surface area contributed by atoms with Crippen LogP contribution in [0, 0.1) is 0 Å². The Labute approximate surface area is 85.4 Å². The van der Waals surface area contributed by atoms with E-state index in [1.54, 1.807) is 11.0 Å². The zero-order chi connectivity index (χ0) is 11.0. The first-order valence-corrected chi connectivity index (χ1v) is 5.00. The normalized spacial score (nSPS) is 16.6. The molecule has 0 saturated carbocycles. The van der Waals surface area contributed by atoms with Crippen LogP contribution in [0.1, 0.15) is 26.7 Å². The van der Waals surface area contributed by atoms with E-state index in [4.69, 9.17) is 10.8 Å². The van der Waals surface area contributed by atoms with Crippen molar-refractivity contribution >= 4 is 5.91 Å². The van der Waals surface area contributed by atoms with Crippen molar-refractivity contribution < 1.29 is 9.90 Å². The molecular formula is C10H20N2O2. The minimum absolute atomic E-state index is 0.00523. The molecule has 0 fully saturated rings. The standard InChI is InChI=1S/C7H12N2O2.C3H8/c8-6(10)3-5-9-4-1-2-7(9)11;1-3-2/h1-2,6,10H,3-5,8H2;3H2,1-2H3. The molecular weight excluding hydrogens is 180 g/mol. The van der Waals surface area contributed by atoms with Crippen LogP contribution >= 0.6 is 0 Å². The number of hydrogen-bond acceptors (Lipinski definition) is 3. The highest BCUT2D eigenvalue weighted by Crippen LogP contribution is 2.01. The van der Waals surface area contributed by atoms with Gasteiger partial charge in [0.1, 0.15) is 6.23 Å². The molecule has 4 nitrogen and oxygen atoms in total. The van der Waals surface area contributed by atoms with Gasteiger partial charge in [0.25, 0.3) is 0 Å². The summed E-state index contributed by atoms with van der Waals surface area (Å²) in [5, 5.41) is 8.72. The number of carbonyl (C=O) groups is 1. The lowest BCUT2D eigenvalue weighted by molar-refractivity contribution is -0.124.